The van der Waals surface area contributed by atoms with Crippen LogP contribution >= 0.6 is 0 Å². The number of aromatic nitrogens is 2. The van der Waals surface area contributed by atoms with E-state index in [0.717, 1.165) is 11.3 Å². The van der Waals surface area contributed by atoms with Gasteiger partial charge in [0.05, 0.1) is 38.6 Å². The van der Waals surface area contributed by atoms with Gasteiger partial charge in [-0.2, -0.15) is 0 Å². The molecule has 2 aromatic heterocycles. The predicted octanol–water partition coefficient (Wildman–Crippen LogP) is 2.61. The van der Waals surface area contributed by atoms with Crippen LogP contribution in [0, 0.1) is 0 Å². The van der Waals surface area contributed by atoms with E-state index in [0.29, 0.717) is 29.5 Å². The minimum absolute atomic E-state index is 0.129. The zero-order valence-corrected chi connectivity index (χ0v) is 14.6. The van der Waals surface area contributed by atoms with Gasteiger partial charge in [-0.3, -0.25) is 9.78 Å². The molecular weight excluding hydrogens is 334 g/mol. The molecular formula is C19H19N3O4. The Kier molecular flexibility index (Phi) is 5.48. The zero-order chi connectivity index (χ0) is 18.4. The average Bonchev–Trinajstić information content (AvgIpc) is 3.15. The van der Waals surface area contributed by atoms with Crippen LogP contribution in [-0.2, 0) is 17.8 Å². The number of nitrogens with one attached hydrogen (secondary N) is 1. The van der Waals surface area contributed by atoms with Crippen molar-refractivity contribution in [2.24, 2.45) is 0 Å². The molecule has 0 radical (unpaired) electrons. The minimum atomic E-state index is -0.150. The lowest BCUT2D eigenvalue weighted by molar-refractivity contribution is -0.120. The molecule has 0 atom stereocenters. The molecule has 0 aliphatic heterocycles. The van der Waals surface area contributed by atoms with E-state index in [1.807, 2.05) is 24.3 Å². The van der Waals surface area contributed by atoms with Gasteiger partial charge in [0, 0.05) is 17.8 Å². The molecule has 0 aliphatic rings. The van der Waals surface area contributed by atoms with Crippen molar-refractivity contribution in [3.8, 4) is 22.8 Å². The van der Waals surface area contributed by atoms with Gasteiger partial charge in [-0.25, -0.2) is 0 Å². The SMILES string of the molecule is COc1ccc(-c2cc(CC(=O)NCc3ccccn3)no2)cc1OC. The molecule has 7 nitrogen and oxygen atoms in total. The van der Waals surface area contributed by atoms with Gasteiger partial charge in [-0.1, -0.05) is 11.2 Å². The van der Waals surface area contributed by atoms with Gasteiger partial charge < -0.3 is 19.3 Å². The van der Waals surface area contributed by atoms with Crippen LogP contribution in [0.4, 0.5) is 0 Å². The van der Waals surface area contributed by atoms with Gasteiger partial charge in [0.15, 0.2) is 17.3 Å². The molecule has 0 saturated carbocycles. The molecule has 1 aromatic carbocycles. The monoisotopic (exact) mass is 353 g/mol. The van der Waals surface area contributed by atoms with Crippen molar-refractivity contribution in [2.75, 3.05) is 14.2 Å². The summed E-state index contributed by atoms with van der Waals surface area (Å²) in [4.78, 5) is 16.2. The normalized spacial score (nSPS) is 10.4. The van der Waals surface area contributed by atoms with Gasteiger partial charge in [0.2, 0.25) is 5.91 Å². The maximum atomic E-state index is 12.1. The number of pyridine rings is 1. The summed E-state index contributed by atoms with van der Waals surface area (Å²) in [5.41, 5.74) is 2.13. The van der Waals surface area contributed by atoms with Crippen LogP contribution in [-0.4, -0.2) is 30.3 Å². The highest BCUT2D eigenvalue weighted by molar-refractivity contribution is 5.78. The van der Waals surface area contributed by atoms with Crippen LogP contribution in [0.25, 0.3) is 11.3 Å². The van der Waals surface area contributed by atoms with Gasteiger partial charge >= 0.3 is 0 Å². The largest absolute Gasteiger partial charge is 0.493 e. The van der Waals surface area contributed by atoms with E-state index in [9.17, 15) is 4.79 Å². The van der Waals surface area contributed by atoms with Gasteiger partial charge in [-0.05, 0) is 30.3 Å². The number of methoxy groups -OCH3 is 2. The smallest absolute Gasteiger partial charge is 0.226 e. The Balaban J connectivity index is 1.63. The second-order valence-corrected chi connectivity index (χ2v) is 5.53. The summed E-state index contributed by atoms with van der Waals surface area (Å²) in [6, 6.07) is 12.7. The summed E-state index contributed by atoms with van der Waals surface area (Å²) < 4.78 is 15.9. The van der Waals surface area contributed by atoms with Crippen molar-refractivity contribution in [3.63, 3.8) is 0 Å². The number of hydrogen-bond acceptors (Lipinski definition) is 6. The van der Waals surface area contributed by atoms with Crippen LogP contribution < -0.4 is 14.8 Å². The first-order chi connectivity index (χ1) is 12.7. The molecule has 1 amide bonds. The molecule has 0 bridgehead atoms. The van der Waals surface area contributed by atoms with Crippen LogP contribution in [0.3, 0.4) is 0 Å². The number of nitrogens with zero attached hydrogens (tertiary/aromatic N) is 2. The highest BCUT2D eigenvalue weighted by Crippen LogP contribution is 2.32. The molecule has 0 unspecified atom stereocenters. The summed E-state index contributed by atoms with van der Waals surface area (Å²) >= 11 is 0. The molecule has 0 aliphatic carbocycles. The molecule has 26 heavy (non-hydrogen) atoms. The van der Waals surface area contributed by atoms with E-state index >= 15 is 0 Å². The van der Waals surface area contributed by atoms with E-state index < -0.39 is 0 Å². The lowest BCUT2D eigenvalue weighted by Crippen LogP contribution is -2.25. The van der Waals surface area contributed by atoms with Crippen molar-refractivity contribution in [2.45, 2.75) is 13.0 Å². The Labute approximate surface area is 150 Å². The summed E-state index contributed by atoms with van der Waals surface area (Å²) in [6.45, 7) is 0.375. The molecule has 3 aromatic rings. The third kappa shape index (κ3) is 4.18. The molecule has 2 heterocycles. The molecule has 0 fully saturated rings. The molecule has 0 saturated heterocycles. The first kappa shape index (κ1) is 17.5. The fraction of sp³-hybridized carbons (Fsp3) is 0.211. The number of hydrogen-bond donors (Lipinski definition) is 1. The highest BCUT2D eigenvalue weighted by Gasteiger charge is 2.13. The van der Waals surface area contributed by atoms with Gasteiger partial charge in [0.1, 0.15) is 0 Å². The fourth-order valence-electron chi connectivity index (χ4n) is 2.44. The first-order valence-electron chi connectivity index (χ1n) is 8.04. The van der Waals surface area contributed by atoms with Crippen molar-refractivity contribution in [1.82, 2.24) is 15.5 Å². The van der Waals surface area contributed by atoms with E-state index in [1.54, 1.807) is 38.6 Å². The van der Waals surface area contributed by atoms with Crippen LogP contribution in [0.2, 0.25) is 0 Å². The number of benzene rings is 1. The Morgan fingerprint density at radius 3 is 2.65 bits per heavy atom. The fourth-order valence-corrected chi connectivity index (χ4v) is 2.44. The Morgan fingerprint density at radius 1 is 1.08 bits per heavy atom. The van der Waals surface area contributed by atoms with Crippen LogP contribution in [0.15, 0.2) is 53.2 Å². The zero-order valence-electron chi connectivity index (χ0n) is 14.6. The number of carbonyl (C=O) groups is 1. The van der Waals surface area contributed by atoms with E-state index in [-0.39, 0.29) is 12.3 Å². The summed E-state index contributed by atoms with van der Waals surface area (Å²) in [5.74, 6) is 1.63. The molecule has 7 heteroatoms. The third-order valence-electron chi connectivity index (χ3n) is 3.76. The number of ether oxygens (including phenoxy) is 2. The van der Waals surface area contributed by atoms with E-state index in [4.69, 9.17) is 14.0 Å². The standard InChI is InChI=1S/C19H19N3O4/c1-24-16-7-6-13(9-18(16)25-2)17-10-15(22-26-17)11-19(23)21-12-14-5-3-4-8-20-14/h3-10H,11-12H2,1-2H3,(H,21,23). The molecule has 0 spiro atoms. The van der Waals surface area contributed by atoms with Crippen molar-refractivity contribution in [3.05, 3.63) is 60.0 Å². The molecule has 134 valence electrons. The molecule has 1 N–H and O–H groups in total. The van der Waals surface area contributed by atoms with Crippen molar-refractivity contribution < 1.29 is 18.8 Å². The van der Waals surface area contributed by atoms with Crippen molar-refractivity contribution in [1.29, 1.82) is 0 Å². The average molecular weight is 353 g/mol. The van der Waals surface area contributed by atoms with E-state index in [1.165, 1.54) is 0 Å². The van der Waals surface area contributed by atoms with Crippen molar-refractivity contribution >= 4 is 5.91 Å². The van der Waals surface area contributed by atoms with Gasteiger partial charge in [0.25, 0.3) is 0 Å². The maximum Gasteiger partial charge on any atom is 0.226 e. The lowest BCUT2D eigenvalue weighted by atomic mass is 10.1. The highest BCUT2D eigenvalue weighted by atomic mass is 16.5. The minimum Gasteiger partial charge on any atom is -0.493 e. The summed E-state index contributed by atoms with van der Waals surface area (Å²) in [5, 5.41) is 6.77. The van der Waals surface area contributed by atoms with Crippen LogP contribution in [0.5, 0.6) is 11.5 Å². The van der Waals surface area contributed by atoms with E-state index in [2.05, 4.69) is 15.5 Å². The van der Waals surface area contributed by atoms with Crippen LogP contribution in [0.1, 0.15) is 11.4 Å². The Hall–Kier alpha value is -3.35. The second-order valence-electron chi connectivity index (χ2n) is 5.53. The lowest BCUT2D eigenvalue weighted by Gasteiger charge is -2.07. The number of carbonyl (C=O) groups excluding carboxylic acids is 1. The number of rotatable bonds is 7. The summed E-state index contributed by atoms with van der Waals surface area (Å²) in [7, 11) is 3.15. The topological polar surface area (TPSA) is 86.5 Å². The molecule has 3 rings (SSSR count). The predicted molar refractivity (Wildman–Crippen MR) is 94.8 cm³/mol. The Morgan fingerprint density at radius 2 is 1.92 bits per heavy atom. The number of amides is 1. The summed E-state index contributed by atoms with van der Waals surface area (Å²) in [6.07, 6.45) is 1.82. The van der Waals surface area contributed by atoms with Gasteiger partial charge in [-0.15, -0.1) is 0 Å². The first-order valence-corrected chi connectivity index (χ1v) is 8.04. The third-order valence-corrected chi connectivity index (χ3v) is 3.76. The second kappa shape index (κ2) is 8.15. The maximum absolute atomic E-state index is 12.1. The quantitative estimate of drug-likeness (QED) is 0.703. The Bertz CT molecular complexity index is 878.